The zero-order valence-electron chi connectivity index (χ0n) is 18.8. The van der Waals surface area contributed by atoms with Gasteiger partial charge in [-0.2, -0.15) is 13.2 Å². The minimum absolute atomic E-state index is 0.0499. The molecule has 6 N–H and O–H groups in total. The monoisotopic (exact) mass is 481 g/mol. The number of halogens is 3. The van der Waals surface area contributed by atoms with Crippen LogP contribution in [0.1, 0.15) is 48.7 Å². The van der Waals surface area contributed by atoms with Crippen LogP contribution in [0.5, 0.6) is 0 Å². The number of carbonyl (C=O) groups is 2. The molecule has 0 aliphatic carbocycles. The molecule has 3 aromatic rings. The third kappa shape index (κ3) is 6.89. The van der Waals surface area contributed by atoms with Crippen LogP contribution in [0.15, 0.2) is 54.6 Å². The molecule has 0 fully saturated rings. The van der Waals surface area contributed by atoms with Crippen molar-refractivity contribution in [2.75, 3.05) is 5.32 Å². The Labute approximate surface area is 199 Å². The highest BCUT2D eigenvalue weighted by molar-refractivity contribution is 6.05. The number of aryl methyl sites for hydroxylation is 2. The topological polar surface area (TPSA) is 123 Å². The van der Waals surface area contributed by atoms with Crippen molar-refractivity contribution < 1.29 is 22.8 Å². The van der Waals surface area contributed by atoms with Crippen molar-refractivity contribution in [1.29, 1.82) is 0 Å². The maximum Gasteiger partial charge on any atom is 0.416 e. The van der Waals surface area contributed by atoms with E-state index < -0.39 is 29.8 Å². The van der Waals surface area contributed by atoms with Crippen LogP contribution in [0.4, 0.5) is 19.0 Å². The zero-order valence-corrected chi connectivity index (χ0v) is 18.8. The molecule has 1 heterocycles. The Morgan fingerprint density at radius 1 is 0.943 bits per heavy atom. The number of amides is 2. The van der Waals surface area contributed by atoms with Gasteiger partial charge in [0.1, 0.15) is 12.1 Å². The van der Waals surface area contributed by atoms with E-state index in [1.54, 1.807) is 44.2 Å². The summed E-state index contributed by atoms with van der Waals surface area (Å²) in [5.41, 5.74) is 11.3. The van der Waals surface area contributed by atoms with Crippen LogP contribution in [0, 0.1) is 25.7 Å². The summed E-state index contributed by atoms with van der Waals surface area (Å²) in [7, 11) is 0. The molecule has 0 saturated carbocycles. The number of hydrogen-bond donors (Lipinski definition) is 4. The van der Waals surface area contributed by atoms with E-state index in [0.29, 0.717) is 28.6 Å². The van der Waals surface area contributed by atoms with Gasteiger partial charge in [-0.3, -0.25) is 21.1 Å². The fraction of sp³-hybridized carbons (Fsp3) is 0.160. The Morgan fingerprint density at radius 2 is 1.66 bits per heavy atom. The quantitative estimate of drug-likeness (QED) is 0.336. The summed E-state index contributed by atoms with van der Waals surface area (Å²) >= 11 is 0. The lowest BCUT2D eigenvalue weighted by Gasteiger charge is -2.12. The molecule has 0 bridgehead atoms. The van der Waals surface area contributed by atoms with Crippen molar-refractivity contribution in [3.05, 3.63) is 93.7 Å². The maximum absolute atomic E-state index is 13.3. The molecule has 0 radical (unpaired) electrons. The van der Waals surface area contributed by atoms with Crippen molar-refractivity contribution in [1.82, 2.24) is 10.3 Å². The number of aromatic nitrogens is 1. The van der Waals surface area contributed by atoms with Gasteiger partial charge in [0, 0.05) is 27.9 Å². The van der Waals surface area contributed by atoms with Crippen molar-refractivity contribution >= 4 is 17.6 Å². The molecule has 7 nitrogen and oxygen atoms in total. The first-order valence-corrected chi connectivity index (χ1v) is 10.3. The number of anilines is 1. The van der Waals surface area contributed by atoms with Gasteiger partial charge in [-0.1, -0.05) is 24.0 Å². The third-order valence-electron chi connectivity index (χ3n) is 4.78. The normalized spacial score (nSPS) is 11.0. The van der Waals surface area contributed by atoms with Crippen molar-refractivity contribution in [2.24, 2.45) is 11.5 Å². The molecule has 2 amide bonds. The van der Waals surface area contributed by atoms with Gasteiger partial charge in [-0.05, 0) is 61.9 Å². The molecule has 0 unspecified atom stereocenters. The Balaban J connectivity index is 1.93. The predicted molar refractivity (Wildman–Crippen MR) is 125 cm³/mol. The van der Waals surface area contributed by atoms with E-state index in [0.717, 1.165) is 11.8 Å². The summed E-state index contributed by atoms with van der Waals surface area (Å²) in [4.78, 5) is 29.1. The second-order valence-electron chi connectivity index (χ2n) is 7.69. The number of benzene rings is 2. The highest BCUT2D eigenvalue weighted by Gasteiger charge is 2.31. The molecule has 0 spiro atoms. The summed E-state index contributed by atoms with van der Waals surface area (Å²) in [6.45, 7) is 3.54. The molecule has 180 valence electrons. The van der Waals surface area contributed by atoms with Crippen molar-refractivity contribution in [2.45, 2.75) is 26.3 Å². The maximum atomic E-state index is 13.3. The lowest BCUT2D eigenvalue weighted by molar-refractivity contribution is -0.137. The molecule has 0 atom stereocenters. The molecular formula is C25H22F3N5O2. The van der Waals surface area contributed by atoms with Crippen molar-refractivity contribution in [3.8, 4) is 11.8 Å². The number of alkyl halides is 3. The van der Waals surface area contributed by atoms with Crippen LogP contribution >= 0.6 is 0 Å². The fourth-order valence-corrected chi connectivity index (χ4v) is 3.11. The molecule has 0 aliphatic rings. The number of rotatable bonds is 4. The highest BCUT2D eigenvalue weighted by atomic mass is 19.4. The average Bonchev–Trinajstić information content (AvgIpc) is 2.77. The van der Waals surface area contributed by atoms with Gasteiger partial charge in [-0.25, -0.2) is 4.98 Å². The van der Waals surface area contributed by atoms with Crippen LogP contribution in [0.3, 0.4) is 0 Å². The van der Waals surface area contributed by atoms with Gasteiger partial charge in [0.2, 0.25) is 0 Å². The molecule has 2 aromatic carbocycles. The Morgan fingerprint density at radius 3 is 2.31 bits per heavy atom. The first-order chi connectivity index (χ1) is 16.4. The van der Waals surface area contributed by atoms with E-state index in [1.807, 2.05) is 0 Å². The predicted octanol–water partition coefficient (Wildman–Crippen LogP) is 3.30. The van der Waals surface area contributed by atoms with Gasteiger partial charge < -0.3 is 10.6 Å². The minimum Gasteiger partial charge on any atom is -0.324 e. The molecular weight excluding hydrogens is 459 g/mol. The summed E-state index contributed by atoms with van der Waals surface area (Å²) in [6.07, 6.45) is -5.94. The molecule has 0 saturated heterocycles. The summed E-state index contributed by atoms with van der Waals surface area (Å²) < 4.78 is 40.0. The van der Waals surface area contributed by atoms with Gasteiger partial charge >= 0.3 is 6.18 Å². The highest BCUT2D eigenvalue weighted by Crippen LogP contribution is 2.30. The van der Waals surface area contributed by atoms with Crippen LogP contribution < -0.4 is 22.1 Å². The van der Waals surface area contributed by atoms with E-state index >= 15 is 0 Å². The number of nitrogens with zero attached hydrogens (tertiary/aromatic N) is 1. The second-order valence-corrected chi connectivity index (χ2v) is 7.69. The van der Waals surface area contributed by atoms with Gasteiger partial charge in [0.05, 0.1) is 5.56 Å². The molecule has 0 aliphatic heterocycles. The number of hydrogen-bond acceptors (Lipinski definition) is 5. The van der Waals surface area contributed by atoms with E-state index in [1.165, 1.54) is 12.1 Å². The van der Waals surface area contributed by atoms with Crippen molar-refractivity contribution in [3.63, 3.8) is 0 Å². The minimum atomic E-state index is -4.70. The number of carbonyl (C=O) groups excluding carboxylic acids is 2. The zero-order chi connectivity index (χ0) is 25.8. The van der Waals surface area contributed by atoms with E-state index in [2.05, 4.69) is 27.5 Å². The summed E-state index contributed by atoms with van der Waals surface area (Å²) in [6, 6.07) is 12.8. The number of nitrogens with one attached hydrogen (secondary N) is 2. The number of pyridine rings is 1. The van der Waals surface area contributed by atoms with Crippen LogP contribution in [-0.4, -0.2) is 23.1 Å². The lowest BCUT2D eigenvalue weighted by atomic mass is 10.0. The summed E-state index contributed by atoms with van der Waals surface area (Å²) in [5, 5.41) is 4.85. The molecule has 3 rings (SSSR count). The summed E-state index contributed by atoms with van der Waals surface area (Å²) in [5.74, 6) is 4.49. The fourth-order valence-electron chi connectivity index (χ4n) is 3.11. The Kier molecular flexibility index (Phi) is 7.54. The van der Waals surface area contributed by atoms with Gasteiger partial charge in [0.15, 0.2) is 0 Å². The first kappa shape index (κ1) is 25.4. The number of nitrogens with two attached hydrogens (primary N) is 2. The SMILES string of the molecule is Cc1cccc(NC(=O)c2cc(C#Cc3cc(C(=O)NC(N)N)cc(C(F)(F)F)c3)ccc2C)n1. The van der Waals surface area contributed by atoms with Crippen LogP contribution in [0.25, 0.3) is 0 Å². The third-order valence-corrected chi connectivity index (χ3v) is 4.78. The smallest absolute Gasteiger partial charge is 0.324 e. The second kappa shape index (κ2) is 10.4. The van der Waals surface area contributed by atoms with Gasteiger partial charge in [0.25, 0.3) is 11.8 Å². The average molecular weight is 481 g/mol. The van der Waals surface area contributed by atoms with Crippen LogP contribution in [0.2, 0.25) is 0 Å². The van der Waals surface area contributed by atoms with E-state index in [4.69, 9.17) is 11.5 Å². The molecule has 1 aromatic heterocycles. The van der Waals surface area contributed by atoms with Crippen LogP contribution in [-0.2, 0) is 6.18 Å². The lowest BCUT2D eigenvalue weighted by Crippen LogP contribution is -2.48. The molecule has 10 heteroatoms. The van der Waals surface area contributed by atoms with E-state index in [9.17, 15) is 22.8 Å². The standard InChI is InChI=1S/C25H22F3N5O2/c1-14-6-7-16(12-20(14)23(35)32-21-5-3-4-15(2)31-21)8-9-17-10-18(22(34)33-24(29)30)13-19(11-17)25(26,27)28/h3-7,10-13,24H,29-30H2,1-2H3,(H,33,34)(H,31,32,35). The Bertz CT molecular complexity index is 1340. The van der Waals surface area contributed by atoms with Gasteiger partial charge in [-0.15, -0.1) is 0 Å². The first-order valence-electron chi connectivity index (χ1n) is 10.3. The largest absolute Gasteiger partial charge is 0.416 e. The van der Waals surface area contributed by atoms with E-state index in [-0.39, 0.29) is 11.1 Å². The Hall–Kier alpha value is -4.20. The molecule has 35 heavy (non-hydrogen) atoms.